The third kappa shape index (κ3) is 6.17. The van der Waals surface area contributed by atoms with E-state index < -0.39 is 0 Å². The van der Waals surface area contributed by atoms with Gasteiger partial charge in [0.15, 0.2) is 0 Å². The van der Waals surface area contributed by atoms with E-state index in [-0.39, 0.29) is 12.7 Å². The third-order valence-corrected chi connectivity index (χ3v) is 3.13. The Bertz CT molecular complexity index is 469. The van der Waals surface area contributed by atoms with E-state index >= 15 is 0 Å². The van der Waals surface area contributed by atoms with Gasteiger partial charge in [-0.2, -0.15) is 0 Å². The molecule has 1 aliphatic heterocycles. The molecule has 4 heteroatoms. The first kappa shape index (κ1) is 15.8. The van der Waals surface area contributed by atoms with Crippen LogP contribution in [0.1, 0.15) is 24.8 Å². The molecule has 1 aliphatic rings. The van der Waals surface area contributed by atoms with Crippen molar-refractivity contribution in [1.29, 1.82) is 0 Å². The lowest BCUT2D eigenvalue weighted by molar-refractivity contribution is 0.00853. The Labute approximate surface area is 126 Å². The van der Waals surface area contributed by atoms with Crippen LogP contribution in [-0.4, -0.2) is 44.2 Å². The summed E-state index contributed by atoms with van der Waals surface area (Å²) in [4.78, 5) is 0. The van der Waals surface area contributed by atoms with E-state index in [1.54, 1.807) is 0 Å². The topological polar surface area (TPSA) is 47.9 Å². The van der Waals surface area contributed by atoms with Crippen LogP contribution >= 0.6 is 0 Å². The number of aliphatic hydroxyl groups is 1. The predicted octanol–water partition coefficient (Wildman–Crippen LogP) is 1.99. The van der Waals surface area contributed by atoms with Crippen molar-refractivity contribution in [1.82, 2.24) is 0 Å². The summed E-state index contributed by atoms with van der Waals surface area (Å²) in [5.41, 5.74) is 0.890. The number of hydrogen-bond donors (Lipinski definition) is 1. The molecular weight excluding hydrogens is 268 g/mol. The largest absolute Gasteiger partial charge is 0.491 e. The standard InChI is InChI=1S/C17H22O4/c18-9-2-1-5-15-6-3-7-16(13-15)21-12-11-19-14-17-8-4-10-20-17/h3,6-7,13,17-18H,2,4,8-12,14H2. The highest BCUT2D eigenvalue weighted by Gasteiger charge is 2.14. The van der Waals surface area contributed by atoms with Gasteiger partial charge in [-0.3, -0.25) is 0 Å². The Morgan fingerprint density at radius 3 is 3.10 bits per heavy atom. The molecule has 1 fully saturated rings. The summed E-state index contributed by atoms with van der Waals surface area (Å²) in [6, 6.07) is 7.62. The number of hydrogen-bond acceptors (Lipinski definition) is 4. The molecule has 1 heterocycles. The van der Waals surface area contributed by atoms with Crippen molar-refractivity contribution in [3.05, 3.63) is 29.8 Å². The van der Waals surface area contributed by atoms with Crippen molar-refractivity contribution < 1.29 is 19.3 Å². The summed E-state index contributed by atoms with van der Waals surface area (Å²) >= 11 is 0. The summed E-state index contributed by atoms with van der Waals surface area (Å²) in [5, 5.41) is 8.69. The molecule has 0 amide bonds. The van der Waals surface area contributed by atoms with E-state index in [9.17, 15) is 0 Å². The quantitative estimate of drug-likeness (QED) is 0.616. The van der Waals surface area contributed by atoms with E-state index in [0.29, 0.717) is 26.2 Å². The smallest absolute Gasteiger partial charge is 0.120 e. The summed E-state index contributed by atoms with van der Waals surface area (Å²) in [6.07, 6.45) is 2.97. The minimum Gasteiger partial charge on any atom is -0.491 e. The monoisotopic (exact) mass is 290 g/mol. The van der Waals surface area contributed by atoms with Gasteiger partial charge >= 0.3 is 0 Å². The molecule has 21 heavy (non-hydrogen) atoms. The van der Waals surface area contributed by atoms with Crippen LogP contribution in [0.15, 0.2) is 24.3 Å². The van der Waals surface area contributed by atoms with E-state index in [1.807, 2.05) is 24.3 Å². The summed E-state index contributed by atoms with van der Waals surface area (Å²) in [6.45, 7) is 2.66. The van der Waals surface area contributed by atoms with Gasteiger partial charge in [-0.15, -0.1) is 0 Å². The van der Waals surface area contributed by atoms with Crippen molar-refractivity contribution >= 4 is 0 Å². The van der Waals surface area contributed by atoms with Crippen molar-refractivity contribution in [2.24, 2.45) is 0 Å². The molecule has 0 bridgehead atoms. The highest BCUT2D eigenvalue weighted by atomic mass is 16.5. The molecule has 0 aromatic heterocycles. The average Bonchev–Trinajstić information content (AvgIpc) is 3.01. The third-order valence-electron chi connectivity index (χ3n) is 3.13. The second-order valence-corrected chi connectivity index (χ2v) is 4.86. The second kappa shape index (κ2) is 9.41. The molecular formula is C17H22O4. The molecule has 0 spiro atoms. The number of rotatable bonds is 7. The molecule has 1 aromatic rings. The first-order valence-electron chi connectivity index (χ1n) is 7.40. The van der Waals surface area contributed by atoms with Crippen LogP contribution in [0.2, 0.25) is 0 Å². The molecule has 114 valence electrons. The Hall–Kier alpha value is -1.54. The van der Waals surface area contributed by atoms with Crippen LogP contribution in [0.3, 0.4) is 0 Å². The Kier molecular flexibility index (Phi) is 7.10. The van der Waals surface area contributed by atoms with Crippen molar-refractivity contribution in [2.75, 3.05) is 33.0 Å². The van der Waals surface area contributed by atoms with Crippen LogP contribution in [0.4, 0.5) is 0 Å². The second-order valence-electron chi connectivity index (χ2n) is 4.86. The first-order valence-corrected chi connectivity index (χ1v) is 7.40. The lowest BCUT2D eigenvalue weighted by Gasteiger charge is -2.11. The number of ether oxygens (including phenoxy) is 3. The van der Waals surface area contributed by atoms with Gasteiger partial charge in [-0.25, -0.2) is 0 Å². The van der Waals surface area contributed by atoms with Crippen molar-refractivity contribution in [2.45, 2.75) is 25.4 Å². The Balaban J connectivity index is 1.65. The fourth-order valence-corrected chi connectivity index (χ4v) is 2.09. The maximum absolute atomic E-state index is 8.69. The minimum absolute atomic E-state index is 0.0885. The van der Waals surface area contributed by atoms with Crippen molar-refractivity contribution in [3.63, 3.8) is 0 Å². The Morgan fingerprint density at radius 1 is 1.33 bits per heavy atom. The van der Waals surface area contributed by atoms with Gasteiger partial charge < -0.3 is 19.3 Å². The maximum atomic E-state index is 8.69. The van der Waals surface area contributed by atoms with Crippen molar-refractivity contribution in [3.8, 4) is 17.6 Å². The molecule has 1 unspecified atom stereocenters. The van der Waals surface area contributed by atoms with Crippen LogP contribution in [0, 0.1) is 11.8 Å². The lowest BCUT2D eigenvalue weighted by Crippen LogP contribution is -2.17. The maximum Gasteiger partial charge on any atom is 0.120 e. The molecule has 1 atom stereocenters. The highest BCUT2D eigenvalue weighted by molar-refractivity contribution is 5.39. The van der Waals surface area contributed by atoms with Gasteiger partial charge in [0.05, 0.1) is 25.9 Å². The van der Waals surface area contributed by atoms with Gasteiger partial charge in [0.1, 0.15) is 12.4 Å². The molecule has 0 saturated carbocycles. The fourth-order valence-electron chi connectivity index (χ4n) is 2.09. The number of aliphatic hydroxyl groups excluding tert-OH is 1. The molecule has 1 aromatic carbocycles. The fraction of sp³-hybridized carbons (Fsp3) is 0.529. The first-order chi connectivity index (χ1) is 10.4. The highest BCUT2D eigenvalue weighted by Crippen LogP contribution is 2.13. The summed E-state index contributed by atoms with van der Waals surface area (Å²) < 4.78 is 16.7. The predicted molar refractivity (Wildman–Crippen MR) is 80.3 cm³/mol. The molecule has 2 rings (SSSR count). The van der Waals surface area contributed by atoms with E-state index in [0.717, 1.165) is 30.8 Å². The van der Waals surface area contributed by atoms with Gasteiger partial charge in [-0.1, -0.05) is 17.9 Å². The van der Waals surface area contributed by atoms with Gasteiger partial charge in [-0.05, 0) is 31.0 Å². The molecule has 0 aliphatic carbocycles. The zero-order chi connectivity index (χ0) is 14.8. The van der Waals surface area contributed by atoms with Gasteiger partial charge in [0, 0.05) is 18.6 Å². The van der Waals surface area contributed by atoms with Crippen LogP contribution in [0.25, 0.3) is 0 Å². The van der Waals surface area contributed by atoms with E-state index in [4.69, 9.17) is 19.3 Å². The Morgan fingerprint density at radius 2 is 2.29 bits per heavy atom. The van der Waals surface area contributed by atoms with Crippen LogP contribution < -0.4 is 4.74 Å². The molecule has 1 saturated heterocycles. The van der Waals surface area contributed by atoms with E-state index in [1.165, 1.54) is 0 Å². The number of benzene rings is 1. The lowest BCUT2D eigenvalue weighted by atomic mass is 10.2. The zero-order valence-corrected chi connectivity index (χ0v) is 12.2. The normalized spacial score (nSPS) is 17.3. The minimum atomic E-state index is 0.0885. The van der Waals surface area contributed by atoms with Gasteiger partial charge in [0.25, 0.3) is 0 Å². The molecule has 0 radical (unpaired) electrons. The summed E-state index contributed by atoms with van der Waals surface area (Å²) in [7, 11) is 0. The van der Waals surface area contributed by atoms with Gasteiger partial charge in [0.2, 0.25) is 0 Å². The van der Waals surface area contributed by atoms with E-state index in [2.05, 4.69) is 11.8 Å². The summed E-state index contributed by atoms with van der Waals surface area (Å²) in [5.74, 6) is 6.66. The van der Waals surface area contributed by atoms with Crippen LogP contribution in [-0.2, 0) is 9.47 Å². The van der Waals surface area contributed by atoms with Crippen LogP contribution in [0.5, 0.6) is 5.75 Å². The SMILES string of the molecule is OCCC#Cc1cccc(OCCOCC2CCCO2)c1. The average molecular weight is 290 g/mol. The molecule has 1 N–H and O–H groups in total. The molecule has 4 nitrogen and oxygen atoms in total. The zero-order valence-electron chi connectivity index (χ0n) is 12.2.